The molecule has 1 amide bonds. The highest BCUT2D eigenvalue weighted by atomic mass is 32.1. The van der Waals surface area contributed by atoms with Crippen molar-refractivity contribution in [1.82, 2.24) is 5.32 Å². The number of methoxy groups -OCH3 is 1. The van der Waals surface area contributed by atoms with Crippen molar-refractivity contribution in [3.05, 3.63) is 65.5 Å². The molecule has 1 atom stereocenters. The van der Waals surface area contributed by atoms with Crippen LogP contribution in [0, 0.1) is 0 Å². The molecular formula is C25H28N2O4S. The molecule has 0 bridgehead atoms. The first-order valence-electron chi connectivity index (χ1n) is 10.9. The van der Waals surface area contributed by atoms with Crippen LogP contribution in [0.15, 0.2) is 60.7 Å². The van der Waals surface area contributed by atoms with Crippen molar-refractivity contribution in [2.45, 2.75) is 43.9 Å². The first-order valence-corrected chi connectivity index (χ1v) is 11.7. The quantitative estimate of drug-likeness (QED) is 0.412. The van der Waals surface area contributed by atoms with Gasteiger partial charge in [-0.2, -0.15) is 0 Å². The van der Waals surface area contributed by atoms with Crippen LogP contribution in [0.4, 0.5) is 5.69 Å². The van der Waals surface area contributed by atoms with Gasteiger partial charge in [-0.25, -0.2) is 0 Å². The molecule has 2 aromatic carbocycles. The molecule has 168 valence electrons. The number of aliphatic hydroxyl groups excluding tert-OH is 1. The maximum atomic E-state index is 13.3. The molecule has 1 aliphatic rings. The SMILES string of the molecule is COC(=O)CN(c1ccccc1)C(O)C1(NC(=O)c2cc3ccccc3s2)CCCCC1. The molecule has 3 aromatic rings. The van der Waals surface area contributed by atoms with Crippen LogP contribution in [-0.4, -0.2) is 42.4 Å². The molecule has 4 rings (SSSR count). The third kappa shape index (κ3) is 4.64. The minimum absolute atomic E-state index is 0.109. The lowest BCUT2D eigenvalue weighted by molar-refractivity contribution is -0.139. The molecule has 1 aromatic heterocycles. The average Bonchev–Trinajstić information content (AvgIpc) is 3.28. The Labute approximate surface area is 191 Å². The fourth-order valence-electron chi connectivity index (χ4n) is 4.45. The minimum Gasteiger partial charge on any atom is -0.468 e. The lowest BCUT2D eigenvalue weighted by Crippen LogP contribution is -2.64. The summed E-state index contributed by atoms with van der Waals surface area (Å²) < 4.78 is 5.93. The number of hydrogen-bond acceptors (Lipinski definition) is 6. The predicted octanol–water partition coefficient (Wildman–Crippen LogP) is 4.33. The monoisotopic (exact) mass is 452 g/mol. The summed E-state index contributed by atoms with van der Waals surface area (Å²) in [7, 11) is 1.33. The second-order valence-electron chi connectivity index (χ2n) is 8.23. The number of para-hydroxylation sites is 1. The fraction of sp³-hybridized carbons (Fsp3) is 0.360. The molecule has 0 radical (unpaired) electrons. The maximum absolute atomic E-state index is 13.3. The minimum atomic E-state index is -1.08. The number of aliphatic hydroxyl groups is 1. The van der Waals surface area contributed by atoms with Gasteiger partial charge in [0.05, 0.1) is 17.5 Å². The molecule has 1 aliphatic carbocycles. The van der Waals surface area contributed by atoms with E-state index in [4.69, 9.17) is 4.74 Å². The van der Waals surface area contributed by atoms with Gasteiger partial charge < -0.3 is 20.1 Å². The zero-order valence-electron chi connectivity index (χ0n) is 18.1. The van der Waals surface area contributed by atoms with E-state index in [1.54, 1.807) is 4.90 Å². The number of anilines is 1. The molecule has 1 heterocycles. The molecular weight excluding hydrogens is 424 g/mol. The van der Waals surface area contributed by atoms with Crippen molar-refractivity contribution >= 4 is 39.0 Å². The fourth-order valence-corrected chi connectivity index (χ4v) is 5.41. The summed E-state index contributed by atoms with van der Waals surface area (Å²) in [5, 5.41) is 15.8. The van der Waals surface area contributed by atoms with Crippen LogP contribution < -0.4 is 10.2 Å². The second kappa shape index (κ2) is 9.71. The van der Waals surface area contributed by atoms with Crippen LogP contribution in [0.2, 0.25) is 0 Å². The Hall–Kier alpha value is -2.90. The van der Waals surface area contributed by atoms with Crippen molar-refractivity contribution in [2.24, 2.45) is 0 Å². The van der Waals surface area contributed by atoms with Crippen LogP contribution in [-0.2, 0) is 9.53 Å². The number of fused-ring (bicyclic) bond motifs is 1. The van der Waals surface area contributed by atoms with Crippen LogP contribution in [0.5, 0.6) is 0 Å². The summed E-state index contributed by atoms with van der Waals surface area (Å²) in [6.07, 6.45) is 3.03. The Morgan fingerprint density at radius 3 is 2.47 bits per heavy atom. The van der Waals surface area contributed by atoms with E-state index in [-0.39, 0.29) is 12.5 Å². The summed E-state index contributed by atoms with van der Waals surface area (Å²) in [6, 6.07) is 19.1. The van der Waals surface area contributed by atoms with Crippen molar-refractivity contribution in [3.8, 4) is 0 Å². The lowest BCUT2D eigenvalue weighted by Gasteiger charge is -2.46. The highest BCUT2D eigenvalue weighted by molar-refractivity contribution is 7.20. The van der Waals surface area contributed by atoms with E-state index in [2.05, 4.69) is 5.32 Å². The van der Waals surface area contributed by atoms with Crippen LogP contribution in [0.1, 0.15) is 41.8 Å². The molecule has 2 N–H and O–H groups in total. The number of carbonyl (C=O) groups is 2. The summed E-state index contributed by atoms with van der Waals surface area (Å²) in [5.41, 5.74) is -0.165. The van der Waals surface area contributed by atoms with Crippen molar-refractivity contribution in [1.29, 1.82) is 0 Å². The number of hydrogen-bond donors (Lipinski definition) is 2. The molecule has 0 aliphatic heterocycles. The lowest BCUT2D eigenvalue weighted by atomic mass is 9.79. The van der Waals surface area contributed by atoms with Crippen LogP contribution >= 0.6 is 11.3 Å². The highest BCUT2D eigenvalue weighted by Gasteiger charge is 2.44. The van der Waals surface area contributed by atoms with Gasteiger partial charge >= 0.3 is 5.97 Å². The van der Waals surface area contributed by atoms with E-state index in [0.717, 1.165) is 29.3 Å². The van der Waals surface area contributed by atoms with Gasteiger partial charge in [0.2, 0.25) is 0 Å². The number of nitrogens with one attached hydrogen (secondary N) is 1. The van der Waals surface area contributed by atoms with Gasteiger partial charge in [-0.05, 0) is 42.5 Å². The summed E-state index contributed by atoms with van der Waals surface area (Å²) >= 11 is 1.44. The van der Waals surface area contributed by atoms with Crippen molar-refractivity contribution < 1.29 is 19.4 Å². The predicted molar refractivity (Wildman–Crippen MR) is 127 cm³/mol. The molecule has 7 heteroatoms. The summed E-state index contributed by atoms with van der Waals surface area (Å²) in [5.74, 6) is -0.645. The van der Waals surface area contributed by atoms with E-state index >= 15 is 0 Å². The third-order valence-corrected chi connectivity index (χ3v) is 7.28. The van der Waals surface area contributed by atoms with E-state index in [1.807, 2.05) is 60.7 Å². The van der Waals surface area contributed by atoms with Gasteiger partial charge in [0.1, 0.15) is 6.54 Å². The highest BCUT2D eigenvalue weighted by Crippen LogP contribution is 2.35. The normalized spacial score (nSPS) is 16.3. The number of carbonyl (C=O) groups excluding carboxylic acids is 2. The maximum Gasteiger partial charge on any atom is 0.325 e. The Morgan fingerprint density at radius 2 is 1.78 bits per heavy atom. The van der Waals surface area contributed by atoms with E-state index in [1.165, 1.54) is 18.4 Å². The Bertz CT molecular complexity index is 1040. The number of thiophene rings is 1. The number of ether oxygens (including phenoxy) is 1. The molecule has 0 saturated heterocycles. The van der Waals surface area contributed by atoms with Gasteiger partial charge in [-0.3, -0.25) is 9.59 Å². The number of benzene rings is 2. The average molecular weight is 453 g/mol. The molecule has 32 heavy (non-hydrogen) atoms. The van der Waals surface area contributed by atoms with Crippen LogP contribution in [0.3, 0.4) is 0 Å². The zero-order chi connectivity index (χ0) is 22.6. The second-order valence-corrected chi connectivity index (χ2v) is 9.32. The van der Waals surface area contributed by atoms with E-state index in [9.17, 15) is 14.7 Å². The number of amides is 1. The Kier molecular flexibility index (Phi) is 6.77. The number of esters is 1. The Morgan fingerprint density at radius 1 is 1.09 bits per heavy atom. The third-order valence-electron chi connectivity index (χ3n) is 6.16. The standard InChI is InChI=1S/C25H28N2O4S/c1-31-22(28)17-27(19-11-4-2-5-12-19)24(30)25(14-8-3-9-15-25)26-23(29)21-16-18-10-6-7-13-20(18)32-21/h2,4-7,10-13,16,24,30H,3,8-9,14-15,17H2,1H3,(H,26,29). The Balaban J connectivity index is 1.65. The zero-order valence-corrected chi connectivity index (χ0v) is 18.9. The van der Waals surface area contributed by atoms with Gasteiger partial charge in [0.25, 0.3) is 5.91 Å². The van der Waals surface area contributed by atoms with Crippen LogP contribution in [0.25, 0.3) is 10.1 Å². The first kappa shape index (κ1) is 22.3. The topological polar surface area (TPSA) is 78.9 Å². The van der Waals surface area contributed by atoms with E-state index in [0.29, 0.717) is 23.4 Å². The number of rotatable bonds is 7. The largest absolute Gasteiger partial charge is 0.468 e. The van der Waals surface area contributed by atoms with Crippen molar-refractivity contribution in [2.75, 3.05) is 18.6 Å². The summed E-state index contributed by atoms with van der Waals surface area (Å²) in [6.45, 7) is -0.109. The molecule has 1 fully saturated rings. The molecule has 1 unspecified atom stereocenters. The number of nitrogens with zero attached hydrogens (tertiary/aromatic N) is 1. The van der Waals surface area contributed by atoms with Gasteiger partial charge in [0, 0.05) is 10.4 Å². The van der Waals surface area contributed by atoms with Gasteiger partial charge in [-0.15, -0.1) is 11.3 Å². The smallest absolute Gasteiger partial charge is 0.325 e. The van der Waals surface area contributed by atoms with Gasteiger partial charge in [0.15, 0.2) is 6.23 Å². The molecule has 1 saturated carbocycles. The molecule has 6 nitrogen and oxygen atoms in total. The summed E-state index contributed by atoms with van der Waals surface area (Å²) in [4.78, 5) is 27.7. The molecule has 0 spiro atoms. The van der Waals surface area contributed by atoms with E-state index < -0.39 is 17.7 Å². The first-order chi connectivity index (χ1) is 15.5. The van der Waals surface area contributed by atoms with Gasteiger partial charge in [-0.1, -0.05) is 55.7 Å². The van der Waals surface area contributed by atoms with Crippen molar-refractivity contribution in [3.63, 3.8) is 0 Å².